The van der Waals surface area contributed by atoms with Crippen LogP contribution in [0, 0.1) is 5.82 Å². The highest BCUT2D eigenvalue weighted by Gasteiger charge is 2.20. The first-order valence-electron chi connectivity index (χ1n) is 6.14. The molecule has 2 rings (SSSR count). The summed E-state index contributed by atoms with van der Waals surface area (Å²) in [7, 11) is 0. The summed E-state index contributed by atoms with van der Waals surface area (Å²) < 4.78 is 13.2. The van der Waals surface area contributed by atoms with Crippen LogP contribution in [0.15, 0.2) is 24.3 Å². The molecule has 1 aromatic carbocycles. The number of carbonyl (C=O) groups is 1. The molecule has 1 fully saturated rings. The van der Waals surface area contributed by atoms with Crippen molar-refractivity contribution in [1.29, 1.82) is 0 Å². The van der Waals surface area contributed by atoms with Crippen LogP contribution in [0.2, 0.25) is 0 Å². The third kappa shape index (κ3) is 3.87. The molecule has 1 heterocycles. The van der Waals surface area contributed by atoms with Crippen molar-refractivity contribution in [3.05, 3.63) is 41.2 Å². The minimum absolute atomic E-state index is 0.307. The summed E-state index contributed by atoms with van der Waals surface area (Å²) in [5.74, 6) is -1.46. The topological polar surface area (TPSA) is 60.8 Å². The van der Waals surface area contributed by atoms with Crippen molar-refractivity contribution >= 4 is 12.0 Å². The first-order chi connectivity index (χ1) is 9.04. The van der Waals surface area contributed by atoms with Gasteiger partial charge in [0, 0.05) is 25.7 Å². The lowest BCUT2D eigenvalue weighted by molar-refractivity contribution is -0.131. The Hall–Kier alpha value is -1.72. The van der Waals surface area contributed by atoms with Crippen molar-refractivity contribution in [3.63, 3.8) is 0 Å². The van der Waals surface area contributed by atoms with Crippen LogP contribution in [0.3, 0.4) is 0 Å². The predicted octanol–water partition coefficient (Wildman–Crippen LogP) is 1.49. The van der Waals surface area contributed by atoms with E-state index in [9.17, 15) is 14.3 Å². The van der Waals surface area contributed by atoms with Gasteiger partial charge in [-0.1, -0.05) is 6.07 Å². The van der Waals surface area contributed by atoms with Crippen LogP contribution in [-0.2, 0) is 11.3 Å². The van der Waals surface area contributed by atoms with E-state index in [0.29, 0.717) is 18.7 Å². The Morgan fingerprint density at radius 1 is 1.53 bits per heavy atom. The fourth-order valence-electron chi connectivity index (χ4n) is 2.22. The molecule has 102 valence electrons. The molecule has 2 N–H and O–H groups in total. The van der Waals surface area contributed by atoms with Crippen LogP contribution in [0.4, 0.5) is 4.39 Å². The summed E-state index contributed by atoms with van der Waals surface area (Å²) in [6.45, 7) is 1.97. The van der Waals surface area contributed by atoms with E-state index in [4.69, 9.17) is 5.11 Å². The van der Waals surface area contributed by atoms with Gasteiger partial charge in [0.1, 0.15) is 5.82 Å². The molecule has 0 bridgehead atoms. The van der Waals surface area contributed by atoms with Crippen LogP contribution in [0.25, 0.3) is 6.08 Å². The summed E-state index contributed by atoms with van der Waals surface area (Å²) in [5.41, 5.74) is 1.41. The number of rotatable bonds is 4. The fraction of sp³-hybridized carbons (Fsp3) is 0.357. The van der Waals surface area contributed by atoms with E-state index in [1.54, 1.807) is 6.07 Å². The number of hydrogen-bond donors (Lipinski definition) is 2. The maximum absolute atomic E-state index is 13.2. The molecule has 0 amide bonds. The molecular formula is C14H16FNO3. The van der Waals surface area contributed by atoms with Gasteiger partial charge in [0.25, 0.3) is 0 Å². The number of aliphatic hydroxyl groups excluding tert-OH is 1. The summed E-state index contributed by atoms with van der Waals surface area (Å²) in [6.07, 6.45) is 2.82. The summed E-state index contributed by atoms with van der Waals surface area (Å²) in [6, 6.07) is 4.34. The molecule has 4 nitrogen and oxygen atoms in total. The molecule has 0 spiro atoms. The van der Waals surface area contributed by atoms with Crippen LogP contribution in [-0.4, -0.2) is 40.3 Å². The van der Waals surface area contributed by atoms with Crippen molar-refractivity contribution in [2.75, 3.05) is 13.1 Å². The second kappa shape index (κ2) is 5.95. The zero-order valence-electron chi connectivity index (χ0n) is 10.4. The molecule has 1 atom stereocenters. The van der Waals surface area contributed by atoms with Gasteiger partial charge in [0.05, 0.1) is 6.10 Å². The van der Waals surface area contributed by atoms with Crippen molar-refractivity contribution in [2.45, 2.75) is 19.1 Å². The Morgan fingerprint density at radius 3 is 2.95 bits per heavy atom. The molecule has 0 aromatic heterocycles. The first-order valence-corrected chi connectivity index (χ1v) is 6.14. The van der Waals surface area contributed by atoms with Gasteiger partial charge in [-0.25, -0.2) is 9.18 Å². The highest BCUT2D eigenvalue weighted by atomic mass is 19.1. The first kappa shape index (κ1) is 13.7. The monoisotopic (exact) mass is 265 g/mol. The Morgan fingerprint density at radius 2 is 2.32 bits per heavy atom. The van der Waals surface area contributed by atoms with Gasteiger partial charge in [-0.2, -0.15) is 0 Å². The standard InChI is InChI=1S/C14H16FNO3/c15-12-3-1-11(8-16-6-5-13(17)9-16)10(7-12)2-4-14(18)19/h1-4,7,13,17H,5-6,8-9H2,(H,18,19). The number of halogens is 1. The average molecular weight is 265 g/mol. The predicted molar refractivity (Wildman–Crippen MR) is 69.0 cm³/mol. The number of likely N-dealkylation sites (tertiary alicyclic amines) is 1. The Balaban J connectivity index is 2.16. The largest absolute Gasteiger partial charge is 0.478 e. The molecule has 19 heavy (non-hydrogen) atoms. The van der Waals surface area contributed by atoms with Crippen LogP contribution >= 0.6 is 0 Å². The van der Waals surface area contributed by atoms with Crippen molar-refractivity contribution in [2.24, 2.45) is 0 Å². The van der Waals surface area contributed by atoms with Crippen molar-refractivity contribution in [3.8, 4) is 0 Å². The van der Waals surface area contributed by atoms with E-state index in [1.807, 2.05) is 0 Å². The SMILES string of the molecule is O=C(O)C=Cc1cc(F)ccc1CN1CCC(O)C1. The molecule has 1 aliphatic heterocycles. The second-order valence-electron chi connectivity index (χ2n) is 4.69. The van der Waals surface area contributed by atoms with E-state index in [-0.39, 0.29) is 6.10 Å². The number of aliphatic carboxylic acids is 1. The van der Waals surface area contributed by atoms with E-state index >= 15 is 0 Å². The van der Waals surface area contributed by atoms with Crippen LogP contribution in [0.1, 0.15) is 17.5 Å². The minimum Gasteiger partial charge on any atom is -0.478 e. The number of carboxylic acids is 1. The lowest BCUT2D eigenvalue weighted by Gasteiger charge is -2.16. The smallest absolute Gasteiger partial charge is 0.328 e. The van der Waals surface area contributed by atoms with Gasteiger partial charge in [0.15, 0.2) is 0 Å². The Labute approximate surface area is 110 Å². The third-order valence-corrected chi connectivity index (χ3v) is 3.15. The number of β-amino-alcohol motifs (C(OH)–C–C–N with tert-alkyl or cyclic N) is 1. The molecule has 1 saturated heterocycles. The Kier molecular flexibility index (Phi) is 4.29. The molecule has 5 heteroatoms. The van der Waals surface area contributed by atoms with E-state index < -0.39 is 11.8 Å². The van der Waals surface area contributed by atoms with Crippen LogP contribution in [0.5, 0.6) is 0 Å². The van der Waals surface area contributed by atoms with Gasteiger partial charge in [-0.05, 0) is 35.8 Å². The van der Waals surface area contributed by atoms with Gasteiger partial charge in [-0.3, -0.25) is 4.90 Å². The number of carboxylic acid groups (broad SMARTS) is 1. The average Bonchev–Trinajstić information content (AvgIpc) is 2.75. The summed E-state index contributed by atoms with van der Waals surface area (Å²) >= 11 is 0. The zero-order chi connectivity index (χ0) is 13.8. The van der Waals surface area contributed by atoms with E-state index in [1.165, 1.54) is 18.2 Å². The van der Waals surface area contributed by atoms with Crippen molar-refractivity contribution < 1.29 is 19.4 Å². The number of hydrogen-bond acceptors (Lipinski definition) is 3. The summed E-state index contributed by atoms with van der Waals surface area (Å²) in [4.78, 5) is 12.6. The second-order valence-corrected chi connectivity index (χ2v) is 4.69. The Bertz CT molecular complexity index is 501. The third-order valence-electron chi connectivity index (χ3n) is 3.15. The van der Waals surface area contributed by atoms with E-state index in [0.717, 1.165) is 24.6 Å². The minimum atomic E-state index is -1.06. The molecule has 1 aliphatic rings. The summed E-state index contributed by atoms with van der Waals surface area (Å²) in [5, 5.41) is 18.1. The van der Waals surface area contributed by atoms with Gasteiger partial charge < -0.3 is 10.2 Å². The maximum Gasteiger partial charge on any atom is 0.328 e. The lowest BCUT2D eigenvalue weighted by Crippen LogP contribution is -2.21. The van der Waals surface area contributed by atoms with Crippen molar-refractivity contribution in [1.82, 2.24) is 4.90 Å². The maximum atomic E-state index is 13.2. The highest BCUT2D eigenvalue weighted by molar-refractivity contribution is 5.85. The molecule has 0 radical (unpaired) electrons. The number of nitrogens with zero attached hydrogens (tertiary/aromatic N) is 1. The molecule has 0 saturated carbocycles. The molecule has 1 aromatic rings. The quantitative estimate of drug-likeness (QED) is 0.810. The van der Waals surface area contributed by atoms with Gasteiger partial charge in [0.2, 0.25) is 0 Å². The number of benzene rings is 1. The van der Waals surface area contributed by atoms with E-state index in [2.05, 4.69) is 4.90 Å². The lowest BCUT2D eigenvalue weighted by atomic mass is 10.1. The van der Waals surface area contributed by atoms with Gasteiger partial charge in [-0.15, -0.1) is 0 Å². The molecular weight excluding hydrogens is 249 g/mol. The van der Waals surface area contributed by atoms with Gasteiger partial charge >= 0.3 is 5.97 Å². The molecule has 1 unspecified atom stereocenters. The fourth-order valence-corrected chi connectivity index (χ4v) is 2.22. The zero-order valence-corrected chi connectivity index (χ0v) is 10.4. The highest BCUT2D eigenvalue weighted by Crippen LogP contribution is 2.18. The van der Waals surface area contributed by atoms with Crippen LogP contribution < -0.4 is 0 Å². The molecule has 0 aliphatic carbocycles. The number of aliphatic hydroxyl groups is 1. The normalized spacial score (nSPS) is 20.2.